The van der Waals surface area contributed by atoms with E-state index in [9.17, 15) is 14.9 Å². The van der Waals surface area contributed by atoms with Gasteiger partial charge in [0, 0.05) is 30.4 Å². The van der Waals surface area contributed by atoms with E-state index in [1.54, 1.807) is 30.3 Å². The van der Waals surface area contributed by atoms with Crippen LogP contribution in [0.15, 0.2) is 59.0 Å². The average Bonchev–Trinajstić information content (AvgIpc) is 3.54. The monoisotopic (exact) mass is 504 g/mol. The summed E-state index contributed by atoms with van der Waals surface area (Å²) in [7, 11) is 0. The first kappa shape index (κ1) is 23.8. The molecule has 1 amide bonds. The number of nitrogens with one attached hydrogen (secondary N) is 1. The summed E-state index contributed by atoms with van der Waals surface area (Å²) in [4.78, 5) is 30.8. The number of aromatic nitrogens is 1. The van der Waals surface area contributed by atoms with Crippen LogP contribution in [0.4, 0.5) is 17.1 Å². The summed E-state index contributed by atoms with van der Waals surface area (Å²) < 4.78 is 5.93. The SMILES string of the molecule is CC(C)c1ccc2oc(-c3cc(NC(=O)c4ccc(N5CCCC5)c([N+](=O)[O-])c4)ccc3Cl)nc2c1. The first-order valence-electron chi connectivity index (χ1n) is 11.9. The molecular formula is C27H25ClN4O4. The van der Waals surface area contributed by atoms with Crippen molar-refractivity contribution in [3.63, 3.8) is 0 Å². The standard InChI is InChI=1S/C27H25ClN4O4/c1-16(2)17-6-10-25-22(13-17)30-27(36-25)20-15-19(7-8-21(20)28)29-26(33)18-5-9-23(24(14-18)32(34)35)31-11-3-4-12-31/h5-10,13-16H,3-4,11-12H2,1-2H3,(H,29,33). The topological polar surface area (TPSA) is 102 Å². The average molecular weight is 505 g/mol. The second kappa shape index (κ2) is 9.62. The van der Waals surface area contributed by atoms with E-state index in [0.29, 0.717) is 39.4 Å². The maximum Gasteiger partial charge on any atom is 0.293 e. The Morgan fingerprint density at radius 1 is 1.11 bits per heavy atom. The Balaban J connectivity index is 1.42. The molecule has 0 unspecified atom stereocenters. The highest BCUT2D eigenvalue weighted by atomic mass is 35.5. The highest BCUT2D eigenvalue weighted by Crippen LogP contribution is 2.34. The molecule has 9 heteroatoms. The first-order valence-corrected chi connectivity index (χ1v) is 12.2. The van der Waals surface area contributed by atoms with Gasteiger partial charge < -0.3 is 14.6 Å². The van der Waals surface area contributed by atoms with E-state index in [0.717, 1.165) is 37.0 Å². The van der Waals surface area contributed by atoms with Gasteiger partial charge >= 0.3 is 0 Å². The van der Waals surface area contributed by atoms with E-state index in [1.807, 2.05) is 23.1 Å². The van der Waals surface area contributed by atoms with Crippen LogP contribution in [0.1, 0.15) is 48.5 Å². The number of benzene rings is 3. The number of nitrogens with zero attached hydrogens (tertiary/aromatic N) is 3. The predicted octanol–water partition coefficient (Wildman–Crippen LogP) is 7.03. The number of hydrogen-bond donors (Lipinski definition) is 1. The van der Waals surface area contributed by atoms with E-state index in [-0.39, 0.29) is 11.3 Å². The molecule has 0 atom stereocenters. The number of fused-ring (bicyclic) bond motifs is 1. The van der Waals surface area contributed by atoms with Crippen molar-refractivity contribution in [2.75, 3.05) is 23.3 Å². The van der Waals surface area contributed by atoms with Crippen LogP contribution in [0.2, 0.25) is 5.02 Å². The number of nitro groups is 1. The fourth-order valence-electron chi connectivity index (χ4n) is 4.43. The van der Waals surface area contributed by atoms with Gasteiger partial charge in [0.2, 0.25) is 5.89 Å². The summed E-state index contributed by atoms with van der Waals surface area (Å²) in [5, 5.41) is 14.9. The van der Waals surface area contributed by atoms with Crippen LogP contribution in [-0.4, -0.2) is 28.9 Å². The molecule has 0 radical (unpaired) electrons. The van der Waals surface area contributed by atoms with Crippen LogP contribution in [-0.2, 0) is 0 Å². The van der Waals surface area contributed by atoms with E-state index in [2.05, 4.69) is 24.1 Å². The van der Waals surface area contributed by atoms with Crippen LogP contribution in [0, 0.1) is 10.1 Å². The van der Waals surface area contributed by atoms with Crippen LogP contribution in [0.3, 0.4) is 0 Å². The van der Waals surface area contributed by atoms with Gasteiger partial charge in [-0.05, 0) is 66.8 Å². The smallest absolute Gasteiger partial charge is 0.293 e. The zero-order valence-electron chi connectivity index (χ0n) is 20.0. The minimum Gasteiger partial charge on any atom is -0.436 e. The summed E-state index contributed by atoms with van der Waals surface area (Å²) in [6.45, 7) is 5.77. The summed E-state index contributed by atoms with van der Waals surface area (Å²) in [5.41, 5.74) is 4.19. The Morgan fingerprint density at radius 3 is 2.61 bits per heavy atom. The number of halogens is 1. The Morgan fingerprint density at radius 2 is 1.89 bits per heavy atom. The van der Waals surface area contributed by atoms with Crippen molar-refractivity contribution in [1.29, 1.82) is 0 Å². The third-order valence-electron chi connectivity index (χ3n) is 6.41. The number of carbonyl (C=O) groups excluding carboxylic acids is 1. The third kappa shape index (κ3) is 4.64. The first-order chi connectivity index (χ1) is 17.3. The molecule has 0 bridgehead atoms. The van der Waals surface area contributed by atoms with Gasteiger partial charge in [0.1, 0.15) is 11.2 Å². The fourth-order valence-corrected chi connectivity index (χ4v) is 4.62. The van der Waals surface area contributed by atoms with Crippen LogP contribution < -0.4 is 10.2 Å². The van der Waals surface area contributed by atoms with Gasteiger partial charge in [0.15, 0.2) is 5.58 Å². The molecule has 8 nitrogen and oxygen atoms in total. The summed E-state index contributed by atoms with van der Waals surface area (Å²) in [6.07, 6.45) is 1.99. The van der Waals surface area contributed by atoms with E-state index in [1.165, 1.54) is 6.07 Å². The maximum atomic E-state index is 13.0. The van der Waals surface area contributed by atoms with Gasteiger partial charge in [-0.25, -0.2) is 4.98 Å². The minimum absolute atomic E-state index is 0.0754. The molecule has 1 aromatic heterocycles. The van der Waals surface area contributed by atoms with Crippen molar-refractivity contribution in [3.05, 3.63) is 80.9 Å². The maximum absolute atomic E-state index is 13.0. The van der Waals surface area contributed by atoms with E-state index < -0.39 is 10.8 Å². The molecule has 184 valence electrons. The van der Waals surface area contributed by atoms with E-state index in [4.69, 9.17) is 16.0 Å². The lowest BCUT2D eigenvalue weighted by molar-refractivity contribution is -0.384. The van der Waals surface area contributed by atoms with Crippen molar-refractivity contribution >= 4 is 45.7 Å². The Hall–Kier alpha value is -3.91. The quantitative estimate of drug-likeness (QED) is 0.223. The number of rotatable bonds is 6. The van der Waals surface area contributed by atoms with Crippen molar-refractivity contribution in [2.45, 2.75) is 32.6 Å². The molecule has 1 saturated heterocycles. The molecule has 3 aromatic carbocycles. The molecule has 5 rings (SSSR count). The van der Waals surface area contributed by atoms with Crippen molar-refractivity contribution < 1.29 is 14.1 Å². The lowest BCUT2D eigenvalue weighted by atomic mass is 10.0. The zero-order chi connectivity index (χ0) is 25.4. The van der Waals surface area contributed by atoms with Gasteiger partial charge in [0.25, 0.3) is 11.6 Å². The molecule has 0 spiro atoms. The normalized spacial score (nSPS) is 13.5. The van der Waals surface area contributed by atoms with Gasteiger partial charge in [-0.2, -0.15) is 0 Å². The molecule has 0 aliphatic carbocycles. The Kier molecular flexibility index (Phi) is 6.36. The molecular weight excluding hydrogens is 480 g/mol. The number of nitro benzene ring substituents is 1. The van der Waals surface area contributed by atoms with Crippen LogP contribution >= 0.6 is 11.6 Å². The van der Waals surface area contributed by atoms with E-state index >= 15 is 0 Å². The molecule has 36 heavy (non-hydrogen) atoms. The molecule has 2 heterocycles. The Labute approximate surface area is 213 Å². The number of carbonyl (C=O) groups is 1. The number of amides is 1. The second-order valence-electron chi connectivity index (χ2n) is 9.20. The minimum atomic E-state index is -0.460. The second-order valence-corrected chi connectivity index (χ2v) is 9.61. The lowest BCUT2D eigenvalue weighted by Gasteiger charge is -2.17. The predicted molar refractivity (Wildman–Crippen MR) is 141 cm³/mol. The largest absolute Gasteiger partial charge is 0.436 e. The van der Waals surface area contributed by atoms with Gasteiger partial charge in [-0.15, -0.1) is 0 Å². The highest BCUT2D eigenvalue weighted by Gasteiger charge is 2.24. The number of oxazole rings is 1. The Bertz CT molecular complexity index is 1470. The summed E-state index contributed by atoms with van der Waals surface area (Å²) >= 11 is 6.44. The number of anilines is 2. The third-order valence-corrected chi connectivity index (χ3v) is 6.74. The molecule has 1 aliphatic heterocycles. The van der Waals surface area contributed by atoms with Gasteiger partial charge in [-0.1, -0.05) is 31.5 Å². The molecule has 1 N–H and O–H groups in total. The number of hydrogen-bond acceptors (Lipinski definition) is 6. The van der Waals surface area contributed by atoms with Crippen molar-refractivity contribution in [3.8, 4) is 11.5 Å². The molecule has 1 fully saturated rings. The highest BCUT2D eigenvalue weighted by molar-refractivity contribution is 6.33. The fraction of sp³-hybridized carbons (Fsp3) is 0.259. The molecule has 1 aliphatic rings. The van der Waals surface area contributed by atoms with Crippen molar-refractivity contribution in [1.82, 2.24) is 4.98 Å². The zero-order valence-corrected chi connectivity index (χ0v) is 20.7. The van der Waals surface area contributed by atoms with Crippen molar-refractivity contribution in [2.24, 2.45) is 0 Å². The van der Waals surface area contributed by atoms with Crippen LogP contribution in [0.5, 0.6) is 0 Å². The summed E-state index contributed by atoms with van der Waals surface area (Å²) in [6, 6.07) is 15.5. The molecule has 0 saturated carbocycles. The lowest BCUT2D eigenvalue weighted by Crippen LogP contribution is -2.19. The van der Waals surface area contributed by atoms with Crippen LogP contribution in [0.25, 0.3) is 22.6 Å². The van der Waals surface area contributed by atoms with Gasteiger partial charge in [0.05, 0.1) is 15.5 Å². The summed E-state index contributed by atoms with van der Waals surface area (Å²) in [5.74, 6) is 0.244. The van der Waals surface area contributed by atoms with Gasteiger partial charge in [-0.3, -0.25) is 14.9 Å². The molecule has 4 aromatic rings.